The van der Waals surface area contributed by atoms with Gasteiger partial charge in [-0.25, -0.2) is 27.1 Å². The lowest BCUT2D eigenvalue weighted by atomic mass is 10.0. The maximum absolute atomic E-state index is 10.4. The van der Waals surface area contributed by atoms with Gasteiger partial charge in [-0.1, -0.05) is 0 Å². The quantitative estimate of drug-likeness (QED) is 0.468. The van der Waals surface area contributed by atoms with Crippen LogP contribution in [0.15, 0.2) is 0 Å². The Morgan fingerprint density at radius 1 is 1.05 bits per heavy atom. The second-order valence-electron chi connectivity index (χ2n) is 5.33. The highest BCUT2D eigenvalue weighted by Crippen LogP contribution is 2.10. The second kappa shape index (κ2) is 10.1. The molecule has 0 aromatic rings. The first-order valence-corrected chi connectivity index (χ1v) is 9.89. The van der Waals surface area contributed by atoms with Crippen molar-refractivity contribution >= 4 is 26.0 Å². The van der Waals surface area contributed by atoms with Crippen LogP contribution in [0.3, 0.4) is 0 Å². The summed E-state index contributed by atoms with van der Waals surface area (Å²) < 4.78 is 45.8. The molecule has 0 rings (SSSR count). The molecule has 0 aliphatic carbocycles. The van der Waals surface area contributed by atoms with Crippen LogP contribution in [0.5, 0.6) is 0 Å². The molecular weight excluding hydrogens is 336 g/mol. The van der Waals surface area contributed by atoms with E-state index in [1.165, 1.54) is 7.11 Å². The molecule has 0 aromatic carbocycles. The fraction of sp³-hybridized carbons (Fsp3) is 0.909. The smallest absolute Gasteiger partial charge is 0.305 e. The average molecular weight is 362 g/mol. The topological polar surface area (TPSA) is 167 Å². The summed E-state index contributed by atoms with van der Waals surface area (Å²) in [6.45, 7) is 3.27. The summed E-state index contributed by atoms with van der Waals surface area (Å²) in [6.07, 6.45) is 1.16. The highest BCUT2D eigenvalue weighted by atomic mass is 32.2. The molecule has 0 saturated carbocycles. The first-order chi connectivity index (χ1) is 9.66. The Morgan fingerprint density at radius 2 is 1.45 bits per heavy atom. The lowest BCUT2D eigenvalue weighted by molar-refractivity contribution is -0.140. The van der Waals surface area contributed by atoms with Gasteiger partial charge in [-0.3, -0.25) is 4.79 Å². The van der Waals surface area contributed by atoms with Gasteiger partial charge in [0.1, 0.15) is 0 Å². The Morgan fingerprint density at radius 3 is 1.77 bits per heavy atom. The van der Waals surface area contributed by atoms with Crippen molar-refractivity contribution in [3.05, 3.63) is 0 Å². The summed E-state index contributed by atoms with van der Waals surface area (Å²) in [5.41, 5.74) is -0.801. The largest absolute Gasteiger partial charge is 0.469 e. The van der Waals surface area contributed by atoms with Crippen molar-refractivity contribution in [3.8, 4) is 0 Å². The predicted molar refractivity (Wildman–Crippen MR) is 82.7 cm³/mol. The number of hydrogen-bond donors (Lipinski definition) is 3. The van der Waals surface area contributed by atoms with Crippen LogP contribution >= 0.6 is 0 Å². The average Bonchev–Trinajstić information content (AvgIpc) is 2.24. The maximum Gasteiger partial charge on any atom is 0.305 e. The van der Waals surface area contributed by atoms with Gasteiger partial charge in [0, 0.05) is 6.42 Å². The van der Waals surface area contributed by atoms with Gasteiger partial charge in [-0.05, 0) is 33.1 Å². The number of nitrogens with two attached hydrogens (primary N) is 2. The van der Waals surface area contributed by atoms with Crippen molar-refractivity contribution in [3.63, 3.8) is 0 Å². The third-order valence-electron chi connectivity index (χ3n) is 2.25. The van der Waals surface area contributed by atoms with Crippen molar-refractivity contribution < 1.29 is 31.5 Å². The SMILES string of the molecule is CC(C)(O)CCCS(N)(=O)=O.COC(=O)CCCS(N)(=O)=O. The van der Waals surface area contributed by atoms with Crippen LogP contribution in [0.2, 0.25) is 0 Å². The molecule has 11 heteroatoms. The molecule has 22 heavy (non-hydrogen) atoms. The van der Waals surface area contributed by atoms with E-state index in [9.17, 15) is 26.7 Å². The number of carbonyl (C=O) groups excluding carboxylic acids is 1. The Kier molecular flexibility index (Phi) is 10.8. The number of aliphatic hydroxyl groups is 1. The molecule has 0 amide bonds. The van der Waals surface area contributed by atoms with Crippen molar-refractivity contribution in [2.24, 2.45) is 10.3 Å². The van der Waals surface area contributed by atoms with Crippen LogP contribution < -0.4 is 10.3 Å². The molecule has 134 valence electrons. The molecule has 0 unspecified atom stereocenters. The lowest BCUT2D eigenvalue weighted by Crippen LogP contribution is -2.22. The minimum absolute atomic E-state index is 0.0585. The fourth-order valence-electron chi connectivity index (χ4n) is 1.23. The monoisotopic (exact) mass is 362 g/mol. The van der Waals surface area contributed by atoms with E-state index in [1.807, 2.05) is 0 Å². The number of carbonyl (C=O) groups is 1. The molecule has 0 aromatic heterocycles. The molecule has 9 nitrogen and oxygen atoms in total. The van der Waals surface area contributed by atoms with Crippen molar-refractivity contribution in [1.82, 2.24) is 0 Å². The number of methoxy groups -OCH3 is 1. The maximum atomic E-state index is 10.4. The van der Waals surface area contributed by atoms with Crippen molar-refractivity contribution in [1.29, 1.82) is 0 Å². The van der Waals surface area contributed by atoms with Crippen LogP contribution in [0.25, 0.3) is 0 Å². The first-order valence-electron chi connectivity index (χ1n) is 6.46. The molecule has 0 aliphatic rings. The number of esters is 1. The molecule has 0 saturated heterocycles. The standard InChI is InChI=1S/C6H15NO3S.C5H11NO4S/c1-6(2,8)4-3-5-11(7,9)10;1-10-5(7)3-2-4-11(6,8)9/h8H,3-5H2,1-2H3,(H2,7,9,10);2-4H2,1H3,(H2,6,8,9). The van der Waals surface area contributed by atoms with E-state index in [-0.39, 0.29) is 24.3 Å². The number of rotatable bonds is 8. The van der Waals surface area contributed by atoms with Gasteiger partial charge < -0.3 is 9.84 Å². The molecule has 0 aliphatic heterocycles. The Balaban J connectivity index is 0. The Labute approximate surface area is 132 Å². The minimum atomic E-state index is -3.44. The van der Waals surface area contributed by atoms with Gasteiger partial charge in [-0.2, -0.15) is 0 Å². The summed E-state index contributed by atoms with van der Waals surface area (Å²) in [5.74, 6) is -0.660. The fourth-order valence-corrected chi connectivity index (χ4v) is 2.32. The van der Waals surface area contributed by atoms with Crippen LogP contribution in [0.1, 0.15) is 39.5 Å². The molecule has 0 spiro atoms. The van der Waals surface area contributed by atoms with Gasteiger partial charge in [0.15, 0.2) is 0 Å². The zero-order valence-electron chi connectivity index (χ0n) is 13.1. The summed E-state index contributed by atoms with van der Waals surface area (Å²) in [5, 5.41) is 18.6. The molecule has 0 atom stereocenters. The highest BCUT2D eigenvalue weighted by Gasteiger charge is 2.13. The normalized spacial score (nSPS) is 12.3. The number of sulfonamides is 2. The first kappa shape index (κ1) is 23.5. The Bertz CT molecular complexity index is 521. The van der Waals surface area contributed by atoms with E-state index in [1.54, 1.807) is 13.8 Å². The lowest BCUT2D eigenvalue weighted by Gasteiger charge is -2.15. The summed E-state index contributed by atoms with van der Waals surface area (Å²) in [7, 11) is -5.54. The zero-order chi connectivity index (χ0) is 18.0. The van der Waals surface area contributed by atoms with E-state index in [4.69, 9.17) is 5.14 Å². The molecule has 0 radical (unpaired) electrons. The van der Waals surface area contributed by atoms with Crippen LogP contribution in [0, 0.1) is 0 Å². The zero-order valence-corrected chi connectivity index (χ0v) is 14.7. The highest BCUT2D eigenvalue weighted by molar-refractivity contribution is 7.89. The summed E-state index contributed by atoms with van der Waals surface area (Å²) >= 11 is 0. The third kappa shape index (κ3) is 24.3. The molecular formula is C11H26N2O7S2. The van der Waals surface area contributed by atoms with Crippen molar-refractivity contribution in [2.75, 3.05) is 18.6 Å². The minimum Gasteiger partial charge on any atom is -0.469 e. The van der Waals surface area contributed by atoms with Crippen molar-refractivity contribution in [2.45, 2.75) is 45.1 Å². The van der Waals surface area contributed by atoms with Gasteiger partial charge in [0.2, 0.25) is 20.0 Å². The molecule has 0 fully saturated rings. The second-order valence-corrected chi connectivity index (χ2v) is 8.80. The van der Waals surface area contributed by atoms with Gasteiger partial charge in [0.05, 0.1) is 24.2 Å². The van der Waals surface area contributed by atoms with Crippen LogP contribution in [0.4, 0.5) is 0 Å². The van der Waals surface area contributed by atoms with Gasteiger partial charge in [-0.15, -0.1) is 0 Å². The van der Waals surface area contributed by atoms with E-state index in [0.717, 1.165) is 0 Å². The summed E-state index contributed by atoms with van der Waals surface area (Å²) in [4.78, 5) is 10.4. The molecule has 0 bridgehead atoms. The number of primary sulfonamides is 2. The van der Waals surface area contributed by atoms with Crippen LogP contribution in [-0.4, -0.2) is 52.1 Å². The van der Waals surface area contributed by atoms with Crippen LogP contribution in [-0.2, 0) is 29.6 Å². The summed E-state index contributed by atoms with van der Waals surface area (Å²) in [6, 6.07) is 0. The van der Waals surface area contributed by atoms with E-state index in [0.29, 0.717) is 12.8 Å². The number of hydrogen-bond acceptors (Lipinski definition) is 7. The molecule has 0 heterocycles. The number of ether oxygens (including phenoxy) is 1. The Hall–Kier alpha value is -0.750. The van der Waals surface area contributed by atoms with E-state index >= 15 is 0 Å². The van der Waals surface area contributed by atoms with E-state index in [2.05, 4.69) is 9.88 Å². The van der Waals surface area contributed by atoms with Gasteiger partial charge >= 0.3 is 5.97 Å². The van der Waals surface area contributed by atoms with Gasteiger partial charge in [0.25, 0.3) is 0 Å². The third-order valence-corrected chi connectivity index (χ3v) is 3.97. The molecule has 5 N–H and O–H groups in total. The predicted octanol–water partition coefficient (Wildman–Crippen LogP) is -0.946. The van der Waals surface area contributed by atoms with E-state index < -0.39 is 31.6 Å².